The van der Waals surface area contributed by atoms with Crippen LogP contribution >= 0.6 is 11.8 Å². The van der Waals surface area contributed by atoms with Crippen molar-refractivity contribution in [1.29, 1.82) is 0 Å². The zero-order valence-corrected chi connectivity index (χ0v) is 14.9. The number of rotatable bonds is 5. The van der Waals surface area contributed by atoms with Crippen molar-refractivity contribution >= 4 is 17.7 Å². The molecule has 2 heterocycles. The summed E-state index contributed by atoms with van der Waals surface area (Å²) in [5.41, 5.74) is 4.03. The van der Waals surface area contributed by atoms with Crippen molar-refractivity contribution in [2.75, 3.05) is 19.0 Å². The van der Waals surface area contributed by atoms with Crippen LogP contribution in [0.5, 0.6) is 0 Å². The number of cyclic esters (lactones) is 1. The van der Waals surface area contributed by atoms with Crippen LogP contribution in [-0.4, -0.2) is 41.0 Å². The summed E-state index contributed by atoms with van der Waals surface area (Å²) in [5, 5.41) is 0.796. The lowest BCUT2D eigenvalue weighted by Crippen LogP contribution is -2.34. The number of aromatic amines is 1. The summed E-state index contributed by atoms with van der Waals surface area (Å²) >= 11 is 1.53. The molecule has 4 rings (SSSR count). The summed E-state index contributed by atoms with van der Waals surface area (Å²) in [6.07, 6.45) is -0.244. The van der Waals surface area contributed by atoms with Gasteiger partial charge in [-0.3, -0.25) is 0 Å². The number of ether oxygens (including phenoxy) is 2. The summed E-state index contributed by atoms with van der Waals surface area (Å²) in [5.74, 6) is 0.290. The van der Waals surface area contributed by atoms with Gasteiger partial charge in [-0.25, -0.2) is 9.78 Å². The van der Waals surface area contributed by atoms with Gasteiger partial charge in [-0.05, 0) is 0 Å². The zero-order chi connectivity index (χ0) is 17.8. The average Bonchev–Trinajstić information content (AvgIpc) is 3.12. The monoisotopic (exact) mass is 366 g/mol. The number of imidazole rings is 1. The Hall–Kier alpha value is -2.57. The van der Waals surface area contributed by atoms with Gasteiger partial charge in [0.1, 0.15) is 12.7 Å². The first kappa shape index (κ1) is 16.9. The maximum Gasteiger partial charge on any atom is 0.332 e. The molecule has 1 N–H and O–H groups in total. The molecule has 0 radical (unpaired) electrons. The molecule has 0 saturated carbocycles. The van der Waals surface area contributed by atoms with Crippen molar-refractivity contribution < 1.29 is 14.3 Å². The number of carbonyl (C=O) groups is 1. The van der Waals surface area contributed by atoms with E-state index in [-0.39, 0.29) is 18.7 Å². The normalized spacial score (nSPS) is 17.1. The molecule has 0 amide bonds. The van der Waals surface area contributed by atoms with Crippen LogP contribution in [0, 0.1) is 0 Å². The number of thioether (sulfide) groups is 1. The van der Waals surface area contributed by atoms with Gasteiger partial charge in [0, 0.05) is 16.9 Å². The van der Waals surface area contributed by atoms with E-state index in [1.807, 2.05) is 48.5 Å². The highest BCUT2D eigenvalue weighted by molar-refractivity contribution is 7.99. The Morgan fingerprint density at radius 2 is 1.73 bits per heavy atom. The number of esters is 1. The standard InChI is InChI=1S/C20H18N2O3S/c23-17-12-24-11-16(25-17)13-26-20-21-18(14-7-3-1-4-8-14)19(22-20)15-9-5-2-6-10-15/h1-10,16H,11-13H2,(H,21,22)/t16-/m0/s1. The van der Waals surface area contributed by atoms with Gasteiger partial charge in [0.05, 0.1) is 18.0 Å². The summed E-state index contributed by atoms with van der Waals surface area (Å²) < 4.78 is 10.5. The highest BCUT2D eigenvalue weighted by Gasteiger charge is 2.22. The lowest BCUT2D eigenvalue weighted by atomic mass is 10.1. The van der Waals surface area contributed by atoms with Gasteiger partial charge in [-0.2, -0.15) is 0 Å². The smallest absolute Gasteiger partial charge is 0.332 e. The van der Waals surface area contributed by atoms with Crippen molar-refractivity contribution in [3.8, 4) is 22.5 Å². The second-order valence-corrected chi connectivity index (χ2v) is 6.94. The Balaban J connectivity index is 1.60. The summed E-state index contributed by atoms with van der Waals surface area (Å²) in [6.45, 7) is 0.467. The number of nitrogens with one attached hydrogen (secondary N) is 1. The number of aromatic nitrogens is 2. The molecule has 5 nitrogen and oxygen atoms in total. The predicted octanol–water partition coefficient (Wildman–Crippen LogP) is 3.78. The van der Waals surface area contributed by atoms with Crippen molar-refractivity contribution in [2.24, 2.45) is 0 Å². The highest BCUT2D eigenvalue weighted by Crippen LogP contribution is 2.32. The van der Waals surface area contributed by atoms with Gasteiger partial charge in [0.2, 0.25) is 0 Å². The first-order chi connectivity index (χ1) is 12.8. The van der Waals surface area contributed by atoms with E-state index in [1.54, 1.807) is 0 Å². The van der Waals surface area contributed by atoms with E-state index in [0.717, 1.165) is 27.7 Å². The van der Waals surface area contributed by atoms with Crippen LogP contribution in [0.3, 0.4) is 0 Å². The van der Waals surface area contributed by atoms with Crippen molar-refractivity contribution in [1.82, 2.24) is 9.97 Å². The van der Waals surface area contributed by atoms with Crippen LogP contribution in [-0.2, 0) is 14.3 Å². The fourth-order valence-corrected chi connectivity index (χ4v) is 3.66. The Kier molecular flexibility index (Phi) is 5.04. The van der Waals surface area contributed by atoms with E-state index in [2.05, 4.69) is 17.1 Å². The topological polar surface area (TPSA) is 64.2 Å². The third-order valence-corrected chi connectivity index (χ3v) is 5.02. The minimum Gasteiger partial charge on any atom is -0.457 e. The Bertz CT molecular complexity index is 824. The second-order valence-electron chi connectivity index (χ2n) is 5.94. The first-order valence-corrected chi connectivity index (χ1v) is 9.39. The Morgan fingerprint density at radius 1 is 1.04 bits per heavy atom. The van der Waals surface area contributed by atoms with E-state index in [1.165, 1.54) is 11.8 Å². The fraction of sp³-hybridized carbons (Fsp3) is 0.200. The fourth-order valence-electron chi connectivity index (χ4n) is 2.82. The minimum atomic E-state index is -0.309. The summed E-state index contributed by atoms with van der Waals surface area (Å²) in [4.78, 5) is 19.5. The Morgan fingerprint density at radius 3 is 2.42 bits per heavy atom. The number of carbonyl (C=O) groups excluding carboxylic acids is 1. The maximum absolute atomic E-state index is 11.3. The number of H-pyrrole nitrogens is 1. The van der Waals surface area contributed by atoms with E-state index < -0.39 is 0 Å². The first-order valence-electron chi connectivity index (χ1n) is 8.40. The van der Waals surface area contributed by atoms with Crippen LogP contribution in [0.1, 0.15) is 0 Å². The molecule has 26 heavy (non-hydrogen) atoms. The summed E-state index contributed by atoms with van der Waals surface area (Å²) in [7, 11) is 0. The lowest BCUT2D eigenvalue weighted by Gasteiger charge is -2.21. The third-order valence-electron chi connectivity index (χ3n) is 4.02. The highest BCUT2D eigenvalue weighted by atomic mass is 32.2. The molecule has 0 aliphatic carbocycles. The molecule has 3 aromatic rings. The van der Waals surface area contributed by atoms with Gasteiger partial charge < -0.3 is 14.5 Å². The molecule has 0 bridgehead atoms. The molecule has 132 valence electrons. The average molecular weight is 366 g/mol. The quantitative estimate of drug-likeness (QED) is 0.550. The number of nitrogens with zero attached hydrogens (tertiary/aromatic N) is 1. The largest absolute Gasteiger partial charge is 0.457 e. The predicted molar refractivity (Wildman–Crippen MR) is 101 cm³/mol. The lowest BCUT2D eigenvalue weighted by molar-refractivity contribution is -0.167. The zero-order valence-electron chi connectivity index (χ0n) is 14.1. The van der Waals surface area contributed by atoms with Gasteiger partial charge in [-0.15, -0.1) is 0 Å². The van der Waals surface area contributed by atoms with E-state index in [0.29, 0.717) is 12.4 Å². The SMILES string of the molecule is O=C1COC[C@@H](CSc2nc(-c3ccccc3)c(-c3ccccc3)[nH]2)O1. The Labute approximate surface area is 155 Å². The maximum atomic E-state index is 11.3. The molecule has 1 aliphatic heterocycles. The van der Waals surface area contributed by atoms with Crippen LogP contribution in [0.2, 0.25) is 0 Å². The van der Waals surface area contributed by atoms with Gasteiger partial charge in [0.15, 0.2) is 5.16 Å². The number of hydrogen-bond donors (Lipinski definition) is 1. The van der Waals surface area contributed by atoms with E-state index in [9.17, 15) is 4.79 Å². The van der Waals surface area contributed by atoms with Crippen LogP contribution < -0.4 is 0 Å². The molecular weight excluding hydrogens is 348 g/mol. The molecule has 1 aliphatic rings. The van der Waals surface area contributed by atoms with Gasteiger partial charge in [0.25, 0.3) is 0 Å². The summed E-state index contributed by atoms with van der Waals surface area (Å²) in [6, 6.07) is 20.2. The molecule has 1 saturated heterocycles. The van der Waals surface area contributed by atoms with Gasteiger partial charge in [-0.1, -0.05) is 72.4 Å². The molecule has 2 aromatic carbocycles. The van der Waals surface area contributed by atoms with E-state index >= 15 is 0 Å². The molecule has 0 spiro atoms. The van der Waals surface area contributed by atoms with Gasteiger partial charge >= 0.3 is 5.97 Å². The van der Waals surface area contributed by atoms with Crippen molar-refractivity contribution in [3.05, 3.63) is 60.7 Å². The van der Waals surface area contributed by atoms with E-state index in [4.69, 9.17) is 14.5 Å². The van der Waals surface area contributed by atoms with Crippen LogP contribution in [0.15, 0.2) is 65.8 Å². The molecular formula is C20H18N2O3S. The number of hydrogen-bond acceptors (Lipinski definition) is 5. The number of benzene rings is 2. The van der Waals surface area contributed by atoms with Crippen LogP contribution in [0.25, 0.3) is 22.5 Å². The van der Waals surface area contributed by atoms with Crippen molar-refractivity contribution in [3.63, 3.8) is 0 Å². The molecule has 1 aromatic heterocycles. The third kappa shape index (κ3) is 3.81. The second kappa shape index (κ2) is 7.76. The molecule has 1 atom stereocenters. The van der Waals surface area contributed by atoms with Crippen LogP contribution in [0.4, 0.5) is 0 Å². The minimum absolute atomic E-state index is 0.0399. The van der Waals surface area contributed by atoms with Crippen molar-refractivity contribution in [2.45, 2.75) is 11.3 Å². The molecule has 1 fully saturated rings. The molecule has 6 heteroatoms. The molecule has 0 unspecified atom stereocenters.